The number of aromatic nitrogens is 2. The first-order valence-electron chi connectivity index (χ1n) is 13.3. The minimum atomic E-state index is -0.573. The maximum absolute atomic E-state index is 15.2. The quantitative estimate of drug-likeness (QED) is 0.507. The molecule has 2 fully saturated rings. The number of piperidine rings is 1. The molecule has 5 heterocycles. The Labute approximate surface area is 223 Å². The number of benzene rings is 1. The van der Waals surface area contributed by atoms with Crippen molar-refractivity contribution in [3.05, 3.63) is 41.0 Å². The van der Waals surface area contributed by atoms with Crippen molar-refractivity contribution in [3.8, 4) is 5.75 Å². The molecule has 204 valence electrons. The molecule has 3 aromatic rings. The van der Waals surface area contributed by atoms with Crippen LogP contribution in [0.4, 0.5) is 20.8 Å². The highest BCUT2D eigenvalue weighted by Gasteiger charge is 2.48. The largest absolute Gasteiger partial charge is 0.480 e. The maximum Gasteiger partial charge on any atom is 0.416 e. The molecule has 2 aromatic heterocycles. The fourth-order valence-corrected chi connectivity index (χ4v) is 6.27. The van der Waals surface area contributed by atoms with Gasteiger partial charge in [-0.3, -0.25) is 9.69 Å². The Balaban J connectivity index is 0.980. The van der Waals surface area contributed by atoms with E-state index in [4.69, 9.17) is 13.9 Å². The standard InChI is InChI=1S/C27H29FN6O5/c1-29-11-22-30-18-10-16-8-15(9-17(16)23(28)24(18)38-22)12-33-6-4-27(5-7-33)14-34(26(36)39-27)20-3-2-19-25(31-20)32-21(35)13-37-19/h2-3,10,15,29H,4-9,11-14H2,1H3,(H,31,32,35). The fourth-order valence-electron chi connectivity index (χ4n) is 6.27. The van der Waals surface area contributed by atoms with Gasteiger partial charge in [0.1, 0.15) is 16.9 Å². The van der Waals surface area contributed by atoms with E-state index in [0.29, 0.717) is 67.1 Å². The molecule has 2 N–H and O–H groups in total. The van der Waals surface area contributed by atoms with Gasteiger partial charge in [-0.2, -0.15) is 0 Å². The third kappa shape index (κ3) is 4.27. The molecule has 12 heteroatoms. The Morgan fingerprint density at radius 2 is 2.05 bits per heavy atom. The van der Waals surface area contributed by atoms with Crippen LogP contribution >= 0.6 is 0 Å². The average Bonchev–Trinajstić information content (AvgIpc) is 3.61. The number of likely N-dealkylation sites (tertiary alicyclic amines) is 1. The monoisotopic (exact) mass is 536 g/mol. The number of hydrogen-bond donors (Lipinski definition) is 2. The van der Waals surface area contributed by atoms with Gasteiger partial charge in [0, 0.05) is 32.5 Å². The van der Waals surface area contributed by atoms with E-state index in [9.17, 15) is 9.59 Å². The van der Waals surface area contributed by atoms with Gasteiger partial charge >= 0.3 is 6.09 Å². The summed E-state index contributed by atoms with van der Waals surface area (Å²) in [6.45, 7) is 3.24. The number of halogens is 1. The minimum Gasteiger partial charge on any atom is -0.480 e. The summed E-state index contributed by atoms with van der Waals surface area (Å²) >= 11 is 0. The number of fused-ring (bicyclic) bond motifs is 3. The molecule has 7 rings (SSSR count). The van der Waals surface area contributed by atoms with Gasteiger partial charge in [-0.05, 0) is 55.1 Å². The smallest absolute Gasteiger partial charge is 0.416 e. The third-order valence-corrected chi connectivity index (χ3v) is 8.18. The lowest BCUT2D eigenvalue weighted by molar-refractivity contribution is -0.118. The lowest BCUT2D eigenvalue weighted by atomic mass is 9.90. The highest BCUT2D eigenvalue weighted by atomic mass is 19.1. The number of ether oxygens (including phenoxy) is 2. The Kier molecular flexibility index (Phi) is 5.70. The first-order valence-corrected chi connectivity index (χ1v) is 13.3. The number of pyridine rings is 1. The third-order valence-electron chi connectivity index (χ3n) is 8.18. The van der Waals surface area contributed by atoms with Crippen LogP contribution in [0.3, 0.4) is 0 Å². The number of hydrogen-bond acceptors (Lipinski definition) is 9. The second-order valence-corrected chi connectivity index (χ2v) is 10.9. The molecule has 3 aliphatic heterocycles. The van der Waals surface area contributed by atoms with Crippen LogP contribution in [-0.2, 0) is 28.9 Å². The summed E-state index contributed by atoms with van der Waals surface area (Å²) < 4.78 is 32.2. The number of nitrogens with zero attached hydrogens (tertiary/aromatic N) is 4. The number of rotatable bonds is 5. The Bertz CT molecular complexity index is 1480. The van der Waals surface area contributed by atoms with Crippen LogP contribution in [0.1, 0.15) is 29.9 Å². The molecule has 0 bridgehead atoms. The van der Waals surface area contributed by atoms with Crippen LogP contribution in [0.2, 0.25) is 0 Å². The number of carbonyl (C=O) groups is 2. The maximum atomic E-state index is 15.2. The molecule has 0 radical (unpaired) electrons. The summed E-state index contributed by atoms with van der Waals surface area (Å²) in [6.07, 6.45) is 2.47. The van der Waals surface area contributed by atoms with Crippen LogP contribution in [-0.4, -0.2) is 72.3 Å². The molecule has 1 aromatic carbocycles. The van der Waals surface area contributed by atoms with Crippen molar-refractivity contribution in [2.45, 2.75) is 37.8 Å². The zero-order valence-electron chi connectivity index (χ0n) is 21.6. The molecular formula is C27H29FN6O5. The summed E-state index contributed by atoms with van der Waals surface area (Å²) in [5.74, 6) is 1.45. The van der Waals surface area contributed by atoms with Gasteiger partial charge in [-0.1, -0.05) is 0 Å². The molecule has 2 saturated heterocycles. The van der Waals surface area contributed by atoms with Crippen molar-refractivity contribution in [3.63, 3.8) is 0 Å². The lowest BCUT2D eigenvalue weighted by Crippen LogP contribution is -2.48. The molecular weight excluding hydrogens is 507 g/mol. The molecule has 1 aliphatic carbocycles. The number of carbonyl (C=O) groups excluding carboxylic acids is 2. The molecule has 1 atom stereocenters. The molecule has 39 heavy (non-hydrogen) atoms. The van der Waals surface area contributed by atoms with Crippen molar-refractivity contribution >= 4 is 34.7 Å². The van der Waals surface area contributed by atoms with Crippen LogP contribution in [0.25, 0.3) is 11.1 Å². The highest BCUT2D eigenvalue weighted by Crippen LogP contribution is 2.39. The van der Waals surface area contributed by atoms with E-state index >= 15 is 4.39 Å². The van der Waals surface area contributed by atoms with Crippen LogP contribution in [0, 0.1) is 11.7 Å². The summed E-state index contributed by atoms with van der Waals surface area (Å²) in [5, 5.41) is 5.66. The van der Waals surface area contributed by atoms with Gasteiger partial charge in [0.2, 0.25) is 5.89 Å². The number of oxazole rings is 1. The van der Waals surface area contributed by atoms with Gasteiger partial charge < -0.3 is 29.4 Å². The second kappa shape index (κ2) is 9.16. The van der Waals surface area contributed by atoms with Crippen LogP contribution in [0.5, 0.6) is 5.75 Å². The van der Waals surface area contributed by atoms with Crippen LogP contribution in [0.15, 0.2) is 22.6 Å². The number of amides is 2. The molecule has 2 amide bonds. The predicted octanol–water partition coefficient (Wildman–Crippen LogP) is 2.62. The molecule has 1 unspecified atom stereocenters. The van der Waals surface area contributed by atoms with Crippen molar-refractivity contribution in [1.82, 2.24) is 20.2 Å². The van der Waals surface area contributed by atoms with Gasteiger partial charge in [0.25, 0.3) is 5.91 Å². The van der Waals surface area contributed by atoms with Crippen molar-refractivity contribution < 1.29 is 27.9 Å². The normalized spacial score (nSPS) is 22.1. The molecule has 0 saturated carbocycles. The van der Waals surface area contributed by atoms with Gasteiger partial charge in [0.05, 0.1) is 13.1 Å². The zero-order chi connectivity index (χ0) is 26.7. The zero-order valence-corrected chi connectivity index (χ0v) is 21.6. The summed E-state index contributed by atoms with van der Waals surface area (Å²) in [4.78, 5) is 37.2. The van der Waals surface area contributed by atoms with Crippen molar-refractivity contribution in [2.75, 3.05) is 50.1 Å². The van der Waals surface area contributed by atoms with E-state index in [1.165, 1.54) is 4.90 Å². The lowest BCUT2D eigenvalue weighted by Gasteiger charge is -2.38. The van der Waals surface area contributed by atoms with E-state index in [2.05, 4.69) is 25.5 Å². The second-order valence-electron chi connectivity index (χ2n) is 10.9. The SMILES string of the molecule is CNCc1nc2cc3c(c(F)c2o1)CC(CN1CCC2(CC1)CN(c1ccc4c(n1)NC(=O)CO4)C(=O)O2)C3. The fraction of sp³-hybridized carbons (Fsp3) is 0.481. The summed E-state index contributed by atoms with van der Waals surface area (Å²) in [7, 11) is 1.80. The first kappa shape index (κ1) is 24.3. The Morgan fingerprint density at radius 3 is 2.87 bits per heavy atom. The minimum absolute atomic E-state index is 0.0515. The first-order chi connectivity index (χ1) is 18.9. The van der Waals surface area contributed by atoms with E-state index in [0.717, 1.165) is 37.2 Å². The molecule has 4 aliphatic rings. The Hall–Kier alpha value is -3.77. The van der Waals surface area contributed by atoms with E-state index in [-0.39, 0.29) is 23.9 Å². The number of anilines is 2. The topological polar surface area (TPSA) is 122 Å². The summed E-state index contributed by atoms with van der Waals surface area (Å²) in [5.41, 5.74) is 2.01. The van der Waals surface area contributed by atoms with Gasteiger partial charge in [0.15, 0.2) is 29.6 Å². The highest BCUT2D eigenvalue weighted by molar-refractivity contribution is 5.95. The summed E-state index contributed by atoms with van der Waals surface area (Å²) in [6, 6.07) is 5.38. The Morgan fingerprint density at radius 1 is 1.21 bits per heavy atom. The van der Waals surface area contributed by atoms with Gasteiger partial charge in [-0.15, -0.1) is 0 Å². The van der Waals surface area contributed by atoms with Crippen molar-refractivity contribution in [2.24, 2.45) is 5.92 Å². The van der Waals surface area contributed by atoms with E-state index in [1.54, 1.807) is 19.2 Å². The predicted molar refractivity (Wildman–Crippen MR) is 138 cm³/mol. The van der Waals surface area contributed by atoms with E-state index < -0.39 is 11.7 Å². The molecule has 1 spiro atoms. The van der Waals surface area contributed by atoms with E-state index in [1.807, 2.05) is 6.07 Å². The van der Waals surface area contributed by atoms with Gasteiger partial charge in [-0.25, -0.2) is 19.2 Å². The average molecular weight is 537 g/mol. The van der Waals surface area contributed by atoms with Crippen LogP contribution < -0.4 is 20.3 Å². The molecule has 11 nitrogen and oxygen atoms in total. The number of nitrogens with one attached hydrogen (secondary N) is 2. The van der Waals surface area contributed by atoms with Crippen molar-refractivity contribution in [1.29, 1.82) is 0 Å².